The van der Waals surface area contributed by atoms with Gasteiger partial charge in [-0.15, -0.1) is 0 Å². The van der Waals surface area contributed by atoms with E-state index in [4.69, 9.17) is 5.73 Å². The van der Waals surface area contributed by atoms with Crippen LogP contribution in [0.4, 0.5) is 4.39 Å². The van der Waals surface area contributed by atoms with Gasteiger partial charge in [-0.3, -0.25) is 0 Å². The highest BCUT2D eigenvalue weighted by Gasteiger charge is 2.05. The first-order chi connectivity index (χ1) is 7.33. The molecule has 15 heavy (non-hydrogen) atoms. The van der Waals surface area contributed by atoms with Gasteiger partial charge in [-0.05, 0) is 30.3 Å². The van der Waals surface area contributed by atoms with Crippen LogP contribution < -0.4 is 5.73 Å². The first-order valence-electron chi connectivity index (χ1n) is 5.19. The van der Waals surface area contributed by atoms with Crippen LogP contribution in [0.5, 0.6) is 0 Å². The Labute approximate surface area is 88.7 Å². The summed E-state index contributed by atoms with van der Waals surface area (Å²) >= 11 is 0. The summed E-state index contributed by atoms with van der Waals surface area (Å²) in [6, 6.07) is 11.3. The van der Waals surface area contributed by atoms with Crippen molar-refractivity contribution in [1.29, 1.82) is 0 Å². The minimum absolute atomic E-state index is 0.0958. The lowest BCUT2D eigenvalue weighted by molar-refractivity contribution is 0.617. The molecule has 0 aliphatic heterocycles. The summed E-state index contributed by atoms with van der Waals surface area (Å²) in [5.41, 5.74) is 6.18. The monoisotopic (exact) mass is 203 g/mol. The molecule has 0 radical (unpaired) electrons. The van der Waals surface area contributed by atoms with Crippen LogP contribution in [0.3, 0.4) is 0 Å². The van der Waals surface area contributed by atoms with Crippen LogP contribution in [0, 0.1) is 5.82 Å². The molecule has 0 heterocycles. The average Bonchev–Trinajstić information content (AvgIpc) is 2.29. The standard InChI is InChI=1S/C13H14FN/c14-13-11(5-3-9-15)8-7-10-4-1-2-6-12(10)13/h1-2,4,6-8H,3,5,9,15H2. The Kier molecular flexibility index (Phi) is 2.97. The Bertz CT molecular complexity index is 465. The molecule has 0 atom stereocenters. The van der Waals surface area contributed by atoms with E-state index in [1.807, 2.05) is 36.4 Å². The van der Waals surface area contributed by atoms with Gasteiger partial charge in [0.2, 0.25) is 0 Å². The maximum Gasteiger partial charge on any atom is 0.134 e. The number of fused-ring (bicyclic) bond motifs is 1. The van der Waals surface area contributed by atoms with Crippen molar-refractivity contribution in [3.63, 3.8) is 0 Å². The number of rotatable bonds is 3. The molecule has 2 heteroatoms. The Morgan fingerprint density at radius 2 is 1.87 bits per heavy atom. The summed E-state index contributed by atoms with van der Waals surface area (Å²) in [4.78, 5) is 0. The van der Waals surface area contributed by atoms with Crippen molar-refractivity contribution >= 4 is 10.8 Å². The van der Waals surface area contributed by atoms with Gasteiger partial charge in [0.1, 0.15) is 5.82 Å². The van der Waals surface area contributed by atoms with Crippen molar-refractivity contribution in [3.8, 4) is 0 Å². The third kappa shape index (κ3) is 2.00. The van der Waals surface area contributed by atoms with Gasteiger partial charge in [0, 0.05) is 5.39 Å². The van der Waals surface area contributed by atoms with E-state index >= 15 is 0 Å². The number of aryl methyl sites for hydroxylation is 1. The molecule has 2 N–H and O–H groups in total. The predicted octanol–water partition coefficient (Wildman–Crippen LogP) is 2.87. The van der Waals surface area contributed by atoms with Crippen LogP contribution in [-0.2, 0) is 6.42 Å². The Balaban J connectivity index is 2.45. The fourth-order valence-electron chi connectivity index (χ4n) is 1.76. The van der Waals surface area contributed by atoms with Gasteiger partial charge in [0.15, 0.2) is 0 Å². The third-order valence-electron chi connectivity index (χ3n) is 2.59. The van der Waals surface area contributed by atoms with Gasteiger partial charge in [0.25, 0.3) is 0 Å². The molecule has 78 valence electrons. The normalized spacial score (nSPS) is 10.8. The number of hydrogen-bond acceptors (Lipinski definition) is 1. The minimum Gasteiger partial charge on any atom is -0.330 e. The van der Waals surface area contributed by atoms with E-state index < -0.39 is 0 Å². The molecule has 2 rings (SSSR count). The van der Waals surface area contributed by atoms with Crippen LogP contribution in [0.15, 0.2) is 36.4 Å². The van der Waals surface area contributed by atoms with E-state index in [2.05, 4.69) is 0 Å². The predicted molar refractivity (Wildman–Crippen MR) is 61.3 cm³/mol. The third-order valence-corrected chi connectivity index (χ3v) is 2.59. The van der Waals surface area contributed by atoms with Crippen molar-refractivity contribution in [3.05, 3.63) is 47.8 Å². The van der Waals surface area contributed by atoms with Crippen molar-refractivity contribution < 1.29 is 4.39 Å². The zero-order valence-corrected chi connectivity index (χ0v) is 8.54. The highest BCUT2D eigenvalue weighted by Crippen LogP contribution is 2.21. The fraction of sp³-hybridized carbons (Fsp3) is 0.231. The van der Waals surface area contributed by atoms with Crippen LogP contribution in [0.1, 0.15) is 12.0 Å². The largest absolute Gasteiger partial charge is 0.330 e. The van der Waals surface area contributed by atoms with Crippen molar-refractivity contribution in [2.75, 3.05) is 6.54 Å². The van der Waals surface area contributed by atoms with Gasteiger partial charge in [-0.25, -0.2) is 4.39 Å². The second-order valence-electron chi connectivity index (χ2n) is 3.65. The van der Waals surface area contributed by atoms with E-state index in [1.165, 1.54) is 0 Å². The van der Waals surface area contributed by atoms with E-state index in [0.717, 1.165) is 17.4 Å². The van der Waals surface area contributed by atoms with Crippen molar-refractivity contribution in [2.24, 2.45) is 5.73 Å². The molecule has 1 nitrogen and oxygen atoms in total. The molecule has 0 amide bonds. The van der Waals surface area contributed by atoms with Crippen molar-refractivity contribution in [1.82, 2.24) is 0 Å². The van der Waals surface area contributed by atoms with Gasteiger partial charge >= 0.3 is 0 Å². The van der Waals surface area contributed by atoms with E-state index in [1.54, 1.807) is 0 Å². The van der Waals surface area contributed by atoms with Crippen LogP contribution in [0.2, 0.25) is 0 Å². The summed E-state index contributed by atoms with van der Waals surface area (Å²) in [5.74, 6) is -0.0958. The molecule has 0 fully saturated rings. The Hall–Kier alpha value is -1.41. The molecule has 2 aromatic carbocycles. The van der Waals surface area contributed by atoms with Gasteiger partial charge < -0.3 is 5.73 Å². The SMILES string of the molecule is NCCCc1ccc2ccccc2c1F. The topological polar surface area (TPSA) is 26.0 Å². The van der Waals surface area contributed by atoms with E-state index in [0.29, 0.717) is 18.4 Å². The number of benzene rings is 2. The van der Waals surface area contributed by atoms with Crippen LogP contribution in [-0.4, -0.2) is 6.54 Å². The first-order valence-corrected chi connectivity index (χ1v) is 5.19. The number of hydrogen-bond donors (Lipinski definition) is 1. The quantitative estimate of drug-likeness (QED) is 0.815. The number of nitrogens with two attached hydrogens (primary N) is 1. The molecular weight excluding hydrogens is 189 g/mol. The molecule has 0 unspecified atom stereocenters. The second kappa shape index (κ2) is 4.41. The fourth-order valence-corrected chi connectivity index (χ4v) is 1.76. The van der Waals surface area contributed by atoms with Crippen LogP contribution >= 0.6 is 0 Å². The molecule has 0 aromatic heterocycles. The Morgan fingerprint density at radius 3 is 2.67 bits per heavy atom. The summed E-state index contributed by atoms with van der Waals surface area (Å²) in [6.07, 6.45) is 1.54. The summed E-state index contributed by atoms with van der Waals surface area (Å²) in [7, 11) is 0. The maximum atomic E-state index is 14.0. The van der Waals surface area contributed by atoms with Gasteiger partial charge in [0.05, 0.1) is 0 Å². The minimum atomic E-state index is -0.0958. The molecular formula is C13H14FN. The van der Waals surface area contributed by atoms with Gasteiger partial charge in [-0.1, -0.05) is 36.4 Å². The van der Waals surface area contributed by atoms with Gasteiger partial charge in [-0.2, -0.15) is 0 Å². The first kappa shape index (κ1) is 10.1. The zero-order chi connectivity index (χ0) is 10.7. The molecule has 0 saturated heterocycles. The molecule has 0 aliphatic carbocycles. The van der Waals surface area contributed by atoms with E-state index in [9.17, 15) is 4.39 Å². The highest BCUT2D eigenvalue weighted by atomic mass is 19.1. The molecule has 0 aliphatic rings. The molecule has 0 spiro atoms. The molecule has 0 bridgehead atoms. The lowest BCUT2D eigenvalue weighted by atomic mass is 10.0. The molecule has 2 aromatic rings. The lowest BCUT2D eigenvalue weighted by Crippen LogP contribution is -2.01. The molecule has 0 saturated carbocycles. The van der Waals surface area contributed by atoms with E-state index in [-0.39, 0.29) is 5.82 Å². The lowest BCUT2D eigenvalue weighted by Gasteiger charge is -2.05. The highest BCUT2D eigenvalue weighted by molar-refractivity contribution is 5.83. The Morgan fingerprint density at radius 1 is 1.07 bits per heavy atom. The smallest absolute Gasteiger partial charge is 0.134 e. The zero-order valence-electron chi connectivity index (χ0n) is 8.54. The van der Waals surface area contributed by atoms with Crippen molar-refractivity contribution in [2.45, 2.75) is 12.8 Å². The summed E-state index contributed by atoms with van der Waals surface area (Å²) in [5, 5.41) is 1.65. The summed E-state index contributed by atoms with van der Waals surface area (Å²) in [6.45, 7) is 0.603. The summed E-state index contributed by atoms with van der Waals surface area (Å²) < 4.78 is 14.0. The average molecular weight is 203 g/mol. The van der Waals surface area contributed by atoms with Crippen LogP contribution in [0.25, 0.3) is 10.8 Å². The maximum absolute atomic E-state index is 14.0. The second-order valence-corrected chi connectivity index (χ2v) is 3.65. The number of halogens is 1.